The molecule has 2 aromatic rings. The quantitative estimate of drug-likeness (QED) is 0.815. The molecule has 0 saturated carbocycles. The molecule has 0 saturated heterocycles. The Bertz CT molecular complexity index is 603. The number of ether oxygens (including phenoxy) is 1. The summed E-state index contributed by atoms with van der Waals surface area (Å²) in [6, 6.07) is 5.48. The summed E-state index contributed by atoms with van der Waals surface area (Å²) >= 11 is 0. The predicted molar refractivity (Wildman–Crippen MR) is 66.7 cm³/mol. The molecule has 0 bridgehead atoms. The molecule has 3 rings (SSSR count). The summed E-state index contributed by atoms with van der Waals surface area (Å²) in [5.74, 6) is 1.49. The lowest BCUT2D eigenvalue weighted by atomic mass is 10.2. The van der Waals surface area contributed by atoms with Crippen LogP contribution in [-0.4, -0.2) is 24.2 Å². The van der Waals surface area contributed by atoms with Crippen molar-refractivity contribution < 1.29 is 14.1 Å². The molecule has 0 N–H and O–H groups in total. The summed E-state index contributed by atoms with van der Waals surface area (Å²) < 4.78 is 10.8. The van der Waals surface area contributed by atoms with Crippen LogP contribution in [0.15, 0.2) is 22.7 Å². The first-order valence-corrected chi connectivity index (χ1v) is 5.98. The highest BCUT2D eigenvalue weighted by molar-refractivity contribution is 6.05. The van der Waals surface area contributed by atoms with Gasteiger partial charge in [-0.25, -0.2) is 0 Å². The number of carbonyl (C=O) groups is 1. The van der Waals surface area contributed by atoms with Crippen molar-refractivity contribution in [3.05, 3.63) is 18.2 Å². The number of anilines is 1. The molecule has 5 heteroatoms. The van der Waals surface area contributed by atoms with E-state index in [1.54, 1.807) is 4.90 Å². The fourth-order valence-corrected chi connectivity index (χ4v) is 2.14. The van der Waals surface area contributed by atoms with Crippen LogP contribution in [0.4, 0.5) is 5.82 Å². The lowest BCUT2D eigenvalue weighted by molar-refractivity contribution is -0.120. The molecule has 1 amide bonds. The molecule has 18 heavy (non-hydrogen) atoms. The summed E-state index contributed by atoms with van der Waals surface area (Å²) in [5, 5.41) is 4.80. The Balaban J connectivity index is 2.18. The van der Waals surface area contributed by atoms with Crippen molar-refractivity contribution in [2.75, 3.05) is 18.1 Å². The monoisotopic (exact) mass is 246 g/mol. The van der Waals surface area contributed by atoms with Gasteiger partial charge in [-0.05, 0) is 18.1 Å². The van der Waals surface area contributed by atoms with Crippen LogP contribution in [0.2, 0.25) is 0 Å². The van der Waals surface area contributed by atoms with Crippen LogP contribution >= 0.6 is 0 Å². The number of amides is 1. The predicted octanol–water partition coefficient (Wildman–Crippen LogP) is 2.21. The maximum absolute atomic E-state index is 12.1. The second-order valence-electron chi connectivity index (χ2n) is 4.82. The lowest BCUT2D eigenvalue weighted by Crippen LogP contribution is -2.36. The number of benzene rings is 1. The molecular formula is C13H14N2O3. The zero-order valence-corrected chi connectivity index (χ0v) is 10.3. The van der Waals surface area contributed by atoms with Crippen molar-refractivity contribution in [1.82, 2.24) is 5.16 Å². The normalized spacial score (nSPS) is 15.1. The summed E-state index contributed by atoms with van der Waals surface area (Å²) in [4.78, 5) is 13.7. The molecule has 1 aromatic heterocycles. The van der Waals surface area contributed by atoms with Gasteiger partial charge in [-0.3, -0.25) is 9.69 Å². The third kappa shape index (κ3) is 1.63. The Morgan fingerprint density at radius 2 is 2.28 bits per heavy atom. The second kappa shape index (κ2) is 4.01. The van der Waals surface area contributed by atoms with Crippen LogP contribution in [0, 0.1) is 5.92 Å². The fraction of sp³-hybridized carbons (Fsp3) is 0.385. The number of hydrogen-bond acceptors (Lipinski definition) is 4. The van der Waals surface area contributed by atoms with E-state index in [0.29, 0.717) is 29.6 Å². The van der Waals surface area contributed by atoms with E-state index in [1.807, 2.05) is 18.2 Å². The molecule has 0 spiro atoms. The van der Waals surface area contributed by atoms with Crippen molar-refractivity contribution >= 4 is 22.7 Å². The van der Waals surface area contributed by atoms with E-state index < -0.39 is 0 Å². The third-order valence-corrected chi connectivity index (χ3v) is 2.90. The SMILES string of the molecule is CC(C)CN1C(=O)COc2cccc3onc1c23. The lowest BCUT2D eigenvalue weighted by Gasteiger charge is -2.19. The first kappa shape index (κ1) is 11.1. The summed E-state index contributed by atoms with van der Waals surface area (Å²) in [6.45, 7) is 4.77. The largest absolute Gasteiger partial charge is 0.483 e. The minimum atomic E-state index is -0.0879. The van der Waals surface area contributed by atoms with E-state index in [9.17, 15) is 4.79 Å². The number of nitrogens with zero attached hydrogens (tertiary/aromatic N) is 2. The van der Waals surface area contributed by atoms with Crippen LogP contribution in [0.25, 0.3) is 11.0 Å². The molecule has 0 fully saturated rings. The van der Waals surface area contributed by atoms with Crippen LogP contribution in [-0.2, 0) is 4.79 Å². The smallest absolute Gasteiger partial charge is 0.266 e. The minimum absolute atomic E-state index is 0.0438. The zero-order valence-electron chi connectivity index (χ0n) is 10.3. The topological polar surface area (TPSA) is 55.6 Å². The van der Waals surface area contributed by atoms with Gasteiger partial charge >= 0.3 is 0 Å². The van der Waals surface area contributed by atoms with E-state index in [-0.39, 0.29) is 12.5 Å². The summed E-state index contributed by atoms with van der Waals surface area (Å²) in [7, 11) is 0. The minimum Gasteiger partial charge on any atom is -0.483 e. The van der Waals surface area contributed by atoms with Gasteiger partial charge in [0, 0.05) is 6.54 Å². The number of rotatable bonds is 2. The molecule has 0 aliphatic carbocycles. The molecule has 1 aromatic carbocycles. The molecule has 5 nitrogen and oxygen atoms in total. The first-order chi connectivity index (χ1) is 8.66. The Morgan fingerprint density at radius 3 is 3.06 bits per heavy atom. The van der Waals surface area contributed by atoms with Gasteiger partial charge in [0.15, 0.2) is 18.0 Å². The summed E-state index contributed by atoms with van der Waals surface area (Å²) in [6.07, 6.45) is 0. The van der Waals surface area contributed by atoms with E-state index in [2.05, 4.69) is 19.0 Å². The molecular weight excluding hydrogens is 232 g/mol. The van der Waals surface area contributed by atoms with Crippen LogP contribution < -0.4 is 9.64 Å². The van der Waals surface area contributed by atoms with Gasteiger partial charge in [0.2, 0.25) is 0 Å². The van der Waals surface area contributed by atoms with Crippen LogP contribution in [0.3, 0.4) is 0 Å². The number of carbonyl (C=O) groups excluding carboxylic acids is 1. The highest BCUT2D eigenvalue weighted by Crippen LogP contribution is 2.36. The number of hydrogen-bond donors (Lipinski definition) is 0. The van der Waals surface area contributed by atoms with Crippen molar-refractivity contribution in [2.24, 2.45) is 5.92 Å². The zero-order chi connectivity index (χ0) is 12.7. The van der Waals surface area contributed by atoms with Gasteiger partial charge in [-0.2, -0.15) is 0 Å². The van der Waals surface area contributed by atoms with Gasteiger partial charge in [-0.15, -0.1) is 0 Å². The highest BCUT2D eigenvalue weighted by Gasteiger charge is 2.28. The van der Waals surface area contributed by atoms with Crippen molar-refractivity contribution in [1.29, 1.82) is 0 Å². The van der Waals surface area contributed by atoms with E-state index in [4.69, 9.17) is 9.26 Å². The van der Waals surface area contributed by atoms with Crippen molar-refractivity contribution in [3.8, 4) is 5.75 Å². The maximum atomic E-state index is 12.1. The maximum Gasteiger partial charge on any atom is 0.266 e. The van der Waals surface area contributed by atoms with E-state index in [0.717, 1.165) is 5.39 Å². The summed E-state index contributed by atoms with van der Waals surface area (Å²) in [5.41, 5.74) is 0.644. The first-order valence-electron chi connectivity index (χ1n) is 5.98. The van der Waals surface area contributed by atoms with E-state index in [1.165, 1.54) is 0 Å². The van der Waals surface area contributed by atoms with Gasteiger partial charge in [0.1, 0.15) is 11.1 Å². The van der Waals surface area contributed by atoms with Crippen molar-refractivity contribution in [3.63, 3.8) is 0 Å². The molecule has 94 valence electrons. The molecule has 0 radical (unpaired) electrons. The Labute approximate surface area is 104 Å². The van der Waals surface area contributed by atoms with Crippen molar-refractivity contribution in [2.45, 2.75) is 13.8 Å². The molecule has 1 aliphatic rings. The van der Waals surface area contributed by atoms with Gasteiger partial charge in [0.25, 0.3) is 5.91 Å². The Morgan fingerprint density at radius 1 is 1.44 bits per heavy atom. The molecule has 0 atom stereocenters. The van der Waals surface area contributed by atoms with Crippen LogP contribution in [0.5, 0.6) is 5.75 Å². The van der Waals surface area contributed by atoms with Crippen LogP contribution in [0.1, 0.15) is 13.8 Å². The van der Waals surface area contributed by atoms with Gasteiger partial charge in [-0.1, -0.05) is 25.1 Å². The second-order valence-corrected chi connectivity index (χ2v) is 4.82. The molecule has 2 heterocycles. The average molecular weight is 246 g/mol. The standard InChI is InChI=1S/C13H14N2O3/c1-8(2)6-15-11(16)7-17-9-4-3-5-10-12(9)13(15)14-18-10/h3-5,8H,6-7H2,1-2H3. The van der Waals surface area contributed by atoms with Gasteiger partial charge in [0.05, 0.1) is 0 Å². The number of aromatic nitrogens is 1. The fourth-order valence-electron chi connectivity index (χ4n) is 2.14. The highest BCUT2D eigenvalue weighted by atomic mass is 16.5. The average Bonchev–Trinajstić information content (AvgIpc) is 2.71. The molecule has 0 unspecified atom stereocenters. The Hall–Kier alpha value is -2.04. The Kier molecular flexibility index (Phi) is 2.47. The van der Waals surface area contributed by atoms with Gasteiger partial charge < -0.3 is 9.26 Å². The third-order valence-electron chi connectivity index (χ3n) is 2.90. The molecule has 1 aliphatic heterocycles. The van der Waals surface area contributed by atoms with E-state index >= 15 is 0 Å².